The lowest BCUT2D eigenvalue weighted by Crippen LogP contribution is -2.53. The summed E-state index contributed by atoms with van der Waals surface area (Å²) in [6, 6.07) is 1.42. The molecule has 4 heteroatoms. The van der Waals surface area contributed by atoms with Crippen molar-refractivity contribution in [2.24, 2.45) is 5.73 Å². The number of rotatable bonds is 5. The van der Waals surface area contributed by atoms with Crippen molar-refractivity contribution in [3.8, 4) is 0 Å². The molecular formula is C14H27N3O. The Balaban J connectivity index is 1.94. The van der Waals surface area contributed by atoms with E-state index in [9.17, 15) is 4.79 Å². The monoisotopic (exact) mass is 253 g/mol. The second-order valence-corrected chi connectivity index (χ2v) is 5.75. The largest absolute Gasteiger partial charge is 0.339 e. The van der Waals surface area contributed by atoms with E-state index in [4.69, 9.17) is 5.73 Å². The van der Waals surface area contributed by atoms with E-state index in [2.05, 4.69) is 23.6 Å². The molecule has 0 aromatic heterocycles. The van der Waals surface area contributed by atoms with Gasteiger partial charge in [0.1, 0.15) is 0 Å². The Kier molecular flexibility index (Phi) is 4.62. The summed E-state index contributed by atoms with van der Waals surface area (Å²) < 4.78 is 0. The molecule has 104 valence electrons. The zero-order valence-electron chi connectivity index (χ0n) is 11.8. The zero-order valence-corrected chi connectivity index (χ0v) is 11.8. The molecule has 2 fully saturated rings. The average Bonchev–Trinajstić information content (AvgIpc) is 3.17. The average molecular weight is 253 g/mol. The summed E-state index contributed by atoms with van der Waals surface area (Å²) in [5.41, 5.74) is 5.85. The molecule has 1 aliphatic heterocycles. The molecule has 2 atom stereocenters. The predicted molar refractivity (Wildman–Crippen MR) is 73.3 cm³/mol. The summed E-state index contributed by atoms with van der Waals surface area (Å²) in [6.07, 6.45) is 5.96. The molecule has 2 aliphatic rings. The second kappa shape index (κ2) is 6.02. The summed E-state index contributed by atoms with van der Waals surface area (Å²) in [6.45, 7) is 6.39. The van der Waals surface area contributed by atoms with Crippen LogP contribution in [-0.2, 0) is 4.79 Å². The summed E-state index contributed by atoms with van der Waals surface area (Å²) in [7, 11) is 0. The van der Waals surface area contributed by atoms with Crippen LogP contribution in [0.2, 0.25) is 0 Å². The first-order chi connectivity index (χ1) is 8.67. The zero-order chi connectivity index (χ0) is 13.1. The molecule has 1 saturated heterocycles. The number of nitrogens with two attached hydrogens (primary N) is 1. The molecule has 0 spiro atoms. The van der Waals surface area contributed by atoms with Gasteiger partial charge in [-0.05, 0) is 39.5 Å². The Bertz CT molecular complexity index is 291. The highest BCUT2D eigenvalue weighted by Crippen LogP contribution is 2.28. The maximum absolute atomic E-state index is 12.4. The number of likely N-dealkylation sites (tertiary alicyclic amines) is 1. The van der Waals surface area contributed by atoms with Crippen LogP contribution in [0.15, 0.2) is 0 Å². The molecule has 0 aromatic carbocycles. The van der Waals surface area contributed by atoms with Crippen molar-refractivity contribution in [1.29, 1.82) is 0 Å². The van der Waals surface area contributed by atoms with Gasteiger partial charge in [0.15, 0.2) is 0 Å². The van der Waals surface area contributed by atoms with Crippen molar-refractivity contribution >= 4 is 5.91 Å². The topological polar surface area (TPSA) is 49.6 Å². The third-order valence-corrected chi connectivity index (χ3v) is 4.43. The van der Waals surface area contributed by atoms with Gasteiger partial charge < -0.3 is 10.6 Å². The molecular weight excluding hydrogens is 226 g/mol. The molecule has 0 bridgehead atoms. The van der Waals surface area contributed by atoms with E-state index in [1.54, 1.807) is 0 Å². The Morgan fingerprint density at radius 2 is 2.06 bits per heavy atom. The fourth-order valence-corrected chi connectivity index (χ4v) is 3.15. The van der Waals surface area contributed by atoms with Gasteiger partial charge in [0, 0.05) is 31.2 Å². The Hall–Kier alpha value is -0.610. The molecule has 2 N–H and O–H groups in total. The van der Waals surface area contributed by atoms with E-state index in [1.807, 2.05) is 0 Å². The highest BCUT2D eigenvalue weighted by molar-refractivity contribution is 5.79. The molecule has 2 rings (SSSR count). The van der Waals surface area contributed by atoms with Crippen LogP contribution in [0.25, 0.3) is 0 Å². The predicted octanol–water partition coefficient (Wildman–Crippen LogP) is 1.20. The van der Waals surface area contributed by atoms with E-state index in [1.165, 1.54) is 25.7 Å². The van der Waals surface area contributed by atoms with Gasteiger partial charge in [-0.25, -0.2) is 0 Å². The highest BCUT2D eigenvalue weighted by atomic mass is 16.2. The van der Waals surface area contributed by atoms with Crippen molar-refractivity contribution < 1.29 is 4.79 Å². The first-order valence-electron chi connectivity index (χ1n) is 7.42. The minimum Gasteiger partial charge on any atom is -0.339 e. The fraction of sp³-hybridized carbons (Fsp3) is 0.929. The summed E-state index contributed by atoms with van der Waals surface area (Å²) in [5.74, 6) is 0.298. The molecule has 0 aromatic rings. The Morgan fingerprint density at radius 3 is 2.61 bits per heavy atom. The molecule has 1 heterocycles. The van der Waals surface area contributed by atoms with E-state index >= 15 is 0 Å². The number of carbonyl (C=O) groups is 1. The van der Waals surface area contributed by atoms with Crippen molar-refractivity contribution in [2.45, 2.75) is 64.1 Å². The molecule has 4 nitrogen and oxygen atoms in total. The van der Waals surface area contributed by atoms with Crippen LogP contribution in [0.4, 0.5) is 0 Å². The first kappa shape index (κ1) is 13.8. The number of piperidine rings is 1. The van der Waals surface area contributed by atoms with Crippen LogP contribution in [-0.4, -0.2) is 53.5 Å². The minimum absolute atomic E-state index is 0.298. The first-order valence-corrected chi connectivity index (χ1v) is 7.42. The highest BCUT2D eigenvalue weighted by Gasteiger charge is 2.34. The summed E-state index contributed by atoms with van der Waals surface area (Å²) >= 11 is 0. The van der Waals surface area contributed by atoms with E-state index in [0.29, 0.717) is 37.1 Å². The van der Waals surface area contributed by atoms with E-state index < -0.39 is 0 Å². The minimum atomic E-state index is 0.298. The van der Waals surface area contributed by atoms with Gasteiger partial charge in [-0.3, -0.25) is 9.69 Å². The van der Waals surface area contributed by atoms with Gasteiger partial charge in [-0.15, -0.1) is 0 Å². The second-order valence-electron chi connectivity index (χ2n) is 5.75. The smallest absolute Gasteiger partial charge is 0.237 e. The number of likely N-dealkylation sites (N-methyl/N-ethyl adjacent to an activating group) is 1. The maximum atomic E-state index is 12.4. The van der Waals surface area contributed by atoms with Crippen LogP contribution in [0.3, 0.4) is 0 Å². The molecule has 1 amide bonds. The van der Waals surface area contributed by atoms with Gasteiger partial charge in [0.25, 0.3) is 0 Å². The van der Waals surface area contributed by atoms with Gasteiger partial charge in [-0.2, -0.15) is 0 Å². The lowest BCUT2D eigenvalue weighted by atomic mass is 9.96. The SMILES string of the molecule is CCN(C(=O)CN1C(C)CCCC1CN)C1CC1. The maximum Gasteiger partial charge on any atom is 0.237 e. The van der Waals surface area contributed by atoms with Gasteiger partial charge >= 0.3 is 0 Å². The number of hydrogen-bond donors (Lipinski definition) is 1. The number of hydrogen-bond acceptors (Lipinski definition) is 3. The van der Waals surface area contributed by atoms with Gasteiger partial charge in [0.05, 0.1) is 6.54 Å². The standard InChI is InChI=1S/C14H27N3O/c1-3-16(12-7-8-12)14(18)10-17-11(2)5-4-6-13(17)9-15/h11-13H,3-10,15H2,1-2H3. The van der Waals surface area contributed by atoms with Crippen LogP contribution in [0, 0.1) is 0 Å². The Morgan fingerprint density at radius 1 is 1.33 bits per heavy atom. The number of amides is 1. The lowest BCUT2D eigenvalue weighted by molar-refractivity contribution is -0.134. The fourth-order valence-electron chi connectivity index (χ4n) is 3.15. The quantitative estimate of drug-likeness (QED) is 0.801. The third-order valence-electron chi connectivity index (χ3n) is 4.43. The van der Waals surface area contributed by atoms with Crippen LogP contribution < -0.4 is 5.73 Å². The molecule has 1 aliphatic carbocycles. The molecule has 0 radical (unpaired) electrons. The van der Waals surface area contributed by atoms with Crippen molar-refractivity contribution in [2.75, 3.05) is 19.6 Å². The number of carbonyl (C=O) groups excluding carboxylic acids is 1. The molecule has 18 heavy (non-hydrogen) atoms. The molecule has 2 unspecified atom stereocenters. The Labute approximate surface area is 110 Å². The van der Waals surface area contributed by atoms with Crippen LogP contribution in [0.5, 0.6) is 0 Å². The van der Waals surface area contributed by atoms with Crippen LogP contribution in [0.1, 0.15) is 46.0 Å². The van der Waals surface area contributed by atoms with E-state index in [0.717, 1.165) is 13.0 Å². The van der Waals surface area contributed by atoms with Crippen molar-refractivity contribution in [1.82, 2.24) is 9.80 Å². The lowest BCUT2D eigenvalue weighted by Gasteiger charge is -2.40. The van der Waals surface area contributed by atoms with Crippen molar-refractivity contribution in [3.63, 3.8) is 0 Å². The normalized spacial score (nSPS) is 29.3. The van der Waals surface area contributed by atoms with Gasteiger partial charge in [0.2, 0.25) is 5.91 Å². The third kappa shape index (κ3) is 3.04. The summed E-state index contributed by atoms with van der Waals surface area (Å²) in [5, 5.41) is 0. The molecule has 1 saturated carbocycles. The van der Waals surface area contributed by atoms with Gasteiger partial charge in [-0.1, -0.05) is 6.42 Å². The van der Waals surface area contributed by atoms with Crippen molar-refractivity contribution in [3.05, 3.63) is 0 Å². The number of nitrogens with zero attached hydrogens (tertiary/aromatic N) is 2. The summed E-state index contributed by atoms with van der Waals surface area (Å²) in [4.78, 5) is 16.8. The van der Waals surface area contributed by atoms with E-state index in [-0.39, 0.29) is 0 Å². The van der Waals surface area contributed by atoms with Crippen LogP contribution >= 0.6 is 0 Å².